The lowest BCUT2D eigenvalue weighted by atomic mass is 10.0. The van der Waals surface area contributed by atoms with Crippen LogP contribution in [0.15, 0.2) is 42.7 Å². The van der Waals surface area contributed by atoms with Crippen molar-refractivity contribution in [3.8, 4) is 0 Å². The van der Waals surface area contributed by atoms with Crippen LogP contribution in [0.2, 0.25) is 0 Å². The number of benzene rings is 2. The molecule has 1 aromatic heterocycles. The van der Waals surface area contributed by atoms with Crippen molar-refractivity contribution in [3.05, 3.63) is 59.9 Å². The van der Waals surface area contributed by atoms with E-state index in [1.54, 1.807) is 18.2 Å². The zero-order chi connectivity index (χ0) is 16.8. The molecule has 7 heteroatoms. The molecular weight excluding hydrogens is 316 g/mol. The summed E-state index contributed by atoms with van der Waals surface area (Å²) in [6.45, 7) is 0. The fraction of sp³-hybridized carbons (Fsp3) is 0.118. The highest BCUT2D eigenvalue weighted by Crippen LogP contribution is 2.37. The van der Waals surface area contributed by atoms with E-state index >= 15 is 0 Å². The number of rotatable bonds is 2. The number of imidazole rings is 1. The van der Waals surface area contributed by atoms with Crippen LogP contribution in [0, 0.1) is 11.6 Å². The Kier molecular flexibility index (Phi) is 3.16. The number of ketones is 1. The van der Waals surface area contributed by atoms with Crippen LogP contribution in [0.25, 0.3) is 11.0 Å². The Balaban J connectivity index is 1.86. The number of halogens is 2. The summed E-state index contributed by atoms with van der Waals surface area (Å²) in [5, 5.41) is 0. The molecule has 2 heterocycles. The third kappa shape index (κ3) is 2.09. The number of nitrogens with zero attached hydrogens (tertiary/aromatic N) is 2. The molecule has 1 atom stereocenters. The Morgan fingerprint density at radius 1 is 1.17 bits per heavy atom. The number of aromatic nitrogens is 2. The number of nitrogens with one attached hydrogen (secondary N) is 1. The third-order valence-electron chi connectivity index (χ3n) is 4.12. The average molecular weight is 327 g/mol. The van der Waals surface area contributed by atoms with E-state index in [1.165, 1.54) is 23.4 Å². The number of hydrogen-bond donors (Lipinski definition) is 1. The molecule has 1 aliphatic heterocycles. The Labute approximate surface area is 134 Å². The molecule has 0 aliphatic carbocycles. The standard InChI is InChI=1S/C17H11F2N3O2/c18-11-3-1-2-10(16(11)19)17-14(23)7-15(24)22(17)9-4-5-12-13(6-9)21-8-20-12/h1-6,8,17H,7H2,(H,20,21). The molecule has 0 saturated carbocycles. The fourth-order valence-corrected chi connectivity index (χ4v) is 3.03. The van der Waals surface area contributed by atoms with Crippen molar-refractivity contribution in [1.29, 1.82) is 0 Å². The van der Waals surface area contributed by atoms with E-state index in [4.69, 9.17) is 0 Å². The molecule has 1 saturated heterocycles. The average Bonchev–Trinajstić information content (AvgIpc) is 3.13. The molecule has 0 bridgehead atoms. The highest BCUT2D eigenvalue weighted by molar-refractivity contribution is 6.17. The van der Waals surface area contributed by atoms with Crippen LogP contribution in [-0.4, -0.2) is 21.7 Å². The van der Waals surface area contributed by atoms with Crippen LogP contribution in [0.3, 0.4) is 0 Å². The molecule has 4 rings (SSSR count). The first-order valence-electron chi connectivity index (χ1n) is 7.28. The Hall–Kier alpha value is -3.09. The number of aromatic amines is 1. The molecule has 1 unspecified atom stereocenters. The summed E-state index contributed by atoms with van der Waals surface area (Å²) < 4.78 is 27.7. The van der Waals surface area contributed by atoms with Gasteiger partial charge in [0.05, 0.1) is 23.8 Å². The number of anilines is 1. The van der Waals surface area contributed by atoms with Gasteiger partial charge < -0.3 is 4.98 Å². The van der Waals surface area contributed by atoms with Crippen molar-refractivity contribution in [2.45, 2.75) is 12.5 Å². The zero-order valence-electron chi connectivity index (χ0n) is 12.3. The summed E-state index contributed by atoms with van der Waals surface area (Å²) in [6.07, 6.45) is 1.16. The van der Waals surface area contributed by atoms with Crippen LogP contribution in [0.4, 0.5) is 14.5 Å². The van der Waals surface area contributed by atoms with Gasteiger partial charge in [0, 0.05) is 11.3 Å². The van der Waals surface area contributed by atoms with E-state index in [2.05, 4.69) is 9.97 Å². The lowest BCUT2D eigenvalue weighted by molar-refractivity contribution is -0.121. The highest BCUT2D eigenvalue weighted by Gasteiger charge is 2.42. The van der Waals surface area contributed by atoms with Crippen LogP contribution in [-0.2, 0) is 9.59 Å². The molecule has 1 fully saturated rings. The monoisotopic (exact) mass is 327 g/mol. The van der Waals surface area contributed by atoms with Gasteiger partial charge in [0.15, 0.2) is 17.4 Å². The van der Waals surface area contributed by atoms with Crippen molar-refractivity contribution in [2.75, 3.05) is 4.90 Å². The minimum absolute atomic E-state index is 0.145. The smallest absolute Gasteiger partial charge is 0.235 e. The van der Waals surface area contributed by atoms with Gasteiger partial charge in [-0.25, -0.2) is 13.8 Å². The predicted octanol–water partition coefficient (Wildman–Crippen LogP) is 2.89. The molecule has 1 N–H and O–H groups in total. The Bertz CT molecular complexity index is 983. The summed E-state index contributed by atoms with van der Waals surface area (Å²) in [7, 11) is 0. The third-order valence-corrected chi connectivity index (χ3v) is 4.12. The van der Waals surface area contributed by atoms with Crippen molar-refractivity contribution < 1.29 is 18.4 Å². The predicted molar refractivity (Wildman–Crippen MR) is 82.3 cm³/mol. The van der Waals surface area contributed by atoms with E-state index < -0.39 is 29.4 Å². The zero-order valence-corrected chi connectivity index (χ0v) is 12.3. The van der Waals surface area contributed by atoms with Gasteiger partial charge in [0.25, 0.3) is 0 Å². The van der Waals surface area contributed by atoms with E-state index in [-0.39, 0.29) is 12.0 Å². The fourth-order valence-electron chi connectivity index (χ4n) is 3.03. The van der Waals surface area contributed by atoms with Gasteiger partial charge in [-0.3, -0.25) is 14.5 Å². The lowest BCUT2D eigenvalue weighted by Gasteiger charge is -2.24. The second-order valence-electron chi connectivity index (χ2n) is 5.56. The largest absolute Gasteiger partial charge is 0.345 e. The first-order valence-corrected chi connectivity index (χ1v) is 7.28. The van der Waals surface area contributed by atoms with E-state index in [0.717, 1.165) is 11.6 Å². The van der Waals surface area contributed by atoms with E-state index in [1.807, 2.05) is 0 Å². The minimum Gasteiger partial charge on any atom is -0.345 e. The molecule has 2 aromatic carbocycles. The van der Waals surface area contributed by atoms with Gasteiger partial charge in [-0.1, -0.05) is 12.1 Å². The first-order chi connectivity index (χ1) is 11.6. The Morgan fingerprint density at radius 3 is 2.83 bits per heavy atom. The first kappa shape index (κ1) is 14.5. The van der Waals surface area contributed by atoms with Crippen LogP contribution in [0.5, 0.6) is 0 Å². The van der Waals surface area contributed by atoms with Gasteiger partial charge >= 0.3 is 0 Å². The van der Waals surface area contributed by atoms with Gasteiger partial charge in [-0.05, 0) is 24.3 Å². The molecule has 3 aromatic rings. The maximum atomic E-state index is 14.2. The molecule has 1 aliphatic rings. The second kappa shape index (κ2) is 5.23. The summed E-state index contributed by atoms with van der Waals surface area (Å²) >= 11 is 0. The maximum absolute atomic E-state index is 14.2. The molecule has 0 spiro atoms. The number of carbonyl (C=O) groups excluding carboxylic acids is 2. The summed E-state index contributed by atoms with van der Waals surface area (Å²) in [5.41, 5.74) is 1.65. The topological polar surface area (TPSA) is 66.1 Å². The quantitative estimate of drug-likeness (QED) is 0.736. The molecule has 5 nitrogen and oxygen atoms in total. The van der Waals surface area contributed by atoms with Crippen LogP contribution >= 0.6 is 0 Å². The van der Waals surface area contributed by atoms with Gasteiger partial charge in [0.2, 0.25) is 5.91 Å². The van der Waals surface area contributed by atoms with E-state index in [0.29, 0.717) is 11.2 Å². The number of fused-ring (bicyclic) bond motifs is 1. The number of Topliss-reactive ketones (excluding diaryl/α,β-unsaturated/α-hetero) is 1. The number of H-pyrrole nitrogens is 1. The minimum atomic E-state index is -1.18. The normalized spacial score (nSPS) is 17.9. The van der Waals surface area contributed by atoms with Crippen LogP contribution in [0.1, 0.15) is 18.0 Å². The van der Waals surface area contributed by atoms with Crippen molar-refractivity contribution in [3.63, 3.8) is 0 Å². The Morgan fingerprint density at radius 2 is 2.00 bits per heavy atom. The van der Waals surface area contributed by atoms with Gasteiger partial charge in [0.1, 0.15) is 6.04 Å². The van der Waals surface area contributed by atoms with Gasteiger partial charge in [-0.15, -0.1) is 0 Å². The number of carbonyl (C=O) groups is 2. The number of hydrogen-bond acceptors (Lipinski definition) is 3. The highest BCUT2D eigenvalue weighted by atomic mass is 19.2. The summed E-state index contributed by atoms with van der Waals surface area (Å²) in [4.78, 5) is 32.8. The molecule has 1 amide bonds. The maximum Gasteiger partial charge on any atom is 0.235 e. The molecular formula is C17H11F2N3O2. The van der Waals surface area contributed by atoms with Crippen molar-refractivity contribution in [2.24, 2.45) is 0 Å². The lowest BCUT2D eigenvalue weighted by Crippen LogP contribution is -2.29. The SMILES string of the molecule is O=C1CC(=O)N(c2ccc3[nH]cnc3c2)C1c1cccc(F)c1F. The molecule has 0 radical (unpaired) electrons. The van der Waals surface area contributed by atoms with Gasteiger partial charge in [-0.2, -0.15) is 0 Å². The summed E-state index contributed by atoms with van der Waals surface area (Å²) in [5.74, 6) is -3.09. The second-order valence-corrected chi connectivity index (χ2v) is 5.56. The van der Waals surface area contributed by atoms with E-state index in [9.17, 15) is 18.4 Å². The van der Waals surface area contributed by atoms with Crippen molar-refractivity contribution in [1.82, 2.24) is 9.97 Å². The van der Waals surface area contributed by atoms with Crippen LogP contribution < -0.4 is 4.90 Å². The number of amides is 1. The molecule has 24 heavy (non-hydrogen) atoms. The molecule has 120 valence electrons. The summed E-state index contributed by atoms with van der Waals surface area (Å²) in [6, 6.07) is 7.42. The van der Waals surface area contributed by atoms with Crippen molar-refractivity contribution >= 4 is 28.4 Å².